The maximum absolute atomic E-state index is 13.1. The highest BCUT2D eigenvalue weighted by atomic mass is 16.5. The molecule has 34 heavy (non-hydrogen) atoms. The monoisotopic (exact) mass is 455 g/mol. The average molecular weight is 456 g/mol. The minimum Gasteiger partial charge on any atom is -0.466 e. The number of benzene rings is 2. The van der Waals surface area contributed by atoms with Crippen molar-refractivity contribution < 1.29 is 14.3 Å². The van der Waals surface area contributed by atoms with Crippen LogP contribution in [0.25, 0.3) is 0 Å². The molecule has 3 aliphatic rings. The van der Waals surface area contributed by atoms with Gasteiger partial charge in [-0.15, -0.1) is 0 Å². The van der Waals surface area contributed by atoms with Gasteiger partial charge in [0.05, 0.1) is 13.2 Å². The number of hydrogen-bond donors (Lipinski definition) is 0. The van der Waals surface area contributed by atoms with E-state index < -0.39 is 0 Å². The van der Waals surface area contributed by atoms with Crippen LogP contribution in [0.1, 0.15) is 66.1 Å². The normalized spacial score (nSPS) is 21.1. The van der Waals surface area contributed by atoms with Gasteiger partial charge in [-0.25, -0.2) is 0 Å². The van der Waals surface area contributed by atoms with E-state index in [1.807, 2.05) is 36.1 Å². The fourth-order valence-corrected chi connectivity index (χ4v) is 5.84. The van der Waals surface area contributed by atoms with Gasteiger partial charge >= 0.3 is 5.97 Å². The Balaban J connectivity index is 1.24. The fraction of sp³-hybridized carbons (Fsp3) is 0.400. The Morgan fingerprint density at radius 1 is 1.12 bits per heavy atom. The molecule has 4 heteroatoms. The van der Waals surface area contributed by atoms with Crippen molar-refractivity contribution in [2.45, 2.75) is 58.9 Å². The topological polar surface area (TPSA) is 46.6 Å². The van der Waals surface area contributed by atoms with Crippen LogP contribution >= 0.6 is 0 Å². The Labute approximate surface area is 202 Å². The standard InChI is InChI=1S/C30H33NO3/c1-3-34-29(32)18-24-13-12-23-17-21(10-16-26(23)24)9-11-22-5-4-6-27-28(22)19-31(30(27)33)25-14-7-20(2)8-15-25/h4-8,10,14-15,17,24,26H,3,9,11-13,16,18-19H2,1-2H3. The maximum Gasteiger partial charge on any atom is 0.306 e. The van der Waals surface area contributed by atoms with Crippen LogP contribution in [0.3, 0.4) is 0 Å². The Morgan fingerprint density at radius 2 is 1.94 bits per heavy atom. The molecular formula is C30H33NO3. The molecule has 0 bridgehead atoms. The molecule has 2 atom stereocenters. The molecule has 1 heterocycles. The van der Waals surface area contributed by atoms with Crippen molar-refractivity contribution in [3.05, 3.63) is 88.0 Å². The summed E-state index contributed by atoms with van der Waals surface area (Å²) in [6.45, 7) is 5.03. The number of nitrogens with zero attached hydrogens (tertiary/aromatic N) is 1. The molecule has 1 amide bonds. The minimum atomic E-state index is -0.0595. The molecule has 0 radical (unpaired) electrons. The van der Waals surface area contributed by atoms with Crippen LogP contribution < -0.4 is 4.90 Å². The van der Waals surface area contributed by atoms with Crippen molar-refractivity contribution in [3.8, 4) is 0 Å². The first-order valence-corrected chi connectivity index (χ1v) is 12.6. The molecule has 2 aromatic rings. The number of rotatable bonds is 7. The molecule has 5 rings (SSSR count). The number of aryl methyl sites for hydroxylation is 2. The third-order valence-electron chi connectivity index (χ3n) is 7.68. The van der Waals surface area contributed by atoms with Gasteiger partial charge in [-0.3, -0.25) is 9.59 Å². The van der Waals surface area contributed by atoms with Crippen molar-refractivity contribution in [1.82, 2.24) is 0 Å². The van der Waals surface area contributed by atoms with Gasteiger partial charge in [-0.1, -0.05) is 53.1 Å². The first-order chi connectivity index (χ1) is 16.5. The zero-order valence-electron chi connectivity index (χ0n) is 20.2. The number of fused-ring (bicyclic) bond motifs is 2. The summed E-state index contributed by atoms with van der Waals surface area (Å²) in [5.41, 5.74) is 8.33. The number of allylic oxidation sites excluding steroid dienone is 4. The fourth-order valence-electron chi connectivity index (χ4n) is 5.84. The smallest absolute Gasteiger partial charge is 0.306 e. The molecule has 1 fully saturated rings. The highest BCUT2D eigenvalue weighted by molar-refractivity contribution is 6.10. The summed E-state index contributed by atoms with van der Waals surface area (Å²) in [6.07, 6.45) is 10.4. The van der Waals surface area contributed by atoms with E-state index in [1.54, 1.807) is 0 Å². The second-order valence-electron chi connectivity index (χ2n) is 9.82. The van der Waals surface area contributed by atoms with Crippen LogP contribution in [-0.4, -0.2) is 18.5 Å². The van der Waals surface area contributed by atoms with E-state index in [9.17, 15) is 9.59 Å². The number of hydrogen-bond acceptors (Lipinski definition) is 3. The molecule has 0 N–H and O–H groups in total. The van der Waals surface area contributed by atoms with Crippen molar-refractivity contribution in [1.29, 1.82) is 0 Å². The van der Waals surface area contributed by atoms with E-state index in [4.69, 9.17) is 4.74 Å². The SMILES string of the molecule is CCOC(=O)CC1CCC2=CC(CCc3cccc4c3CN(c3ccc(C)cc3)C4=O)=CCC21. The lowest BCUT2D eigenvalue weighted by molar-refractivity contribution is -0.144. The van der Waals surface area contributed by atoms with Gasteiger partial charge in [0.2, 0.25) is 0 Å². The predicted octanol–water partition coefficient (Wildman–Crippen LogP) is 6.32. The summed E-state index contributed by atoms with van der Waals surface area (Å²) in [4.78, 5) is 26.9. The minimum absolute atomic E-state index is 0.0595. The van der Waals surface area contributed by atoms with E-state index in [0.717, 1.165) is 43.4 Å². The molecule has 4 nitrogen and oxygen atoms in total. The summed E-state index contributed by atoms with van der Waals surface area (Å²) in [5.74, 6) is 0.950. The van der Waals surface area contributed by atoms with Gasteiger partial charge in [0.15, 0.2) is 0 Å². The molecule has 1 aliphatic heterocycles. The van der Waals surface area contributed by atoms with E-state index in [2.05, 4.69) is 37.3 Å². The van der Waals surface area contributed by atoms with Gasteiger partial charge in [0.1, 0.15) is 0 Å². The molecule has 2 aliphatic carbocycles. The van der Waals surface area contributed by atoms with Crippen LogP contribution in [0, 0.1) is 18.8 Å². The lowest BCUT2D eigenvalue weighted by atomic mass is 9.83. The molecule has 2 aromatic carbocycles. The summed E-state index contributed by atoms with van der Waals surface area (Å²) < 4.78 is 5.18. The van der Waals surface area contributed by atoms with Gasteiger partial charge in [-0.2, -0.15) is 0 Å². The van der Waals surface area contributed by atoms with Crippen molar-refractivity contribution in [3.63, 3.8) is 0 Å². The Bertz CT molecular complexity index is 1160. The average Bonchev–Trinajstić information content (AvgIpc) is 3.39. The quantitative estimate of drug-likeness (QED) is 0.459. The third kappa shape index (κ3) is 4.46. The van der Waals surface area contributed by atoms with Gasteiger partial charge in [-0.05, 0) is 87.1 Å². The van der Waals surface area contributed by atoms with Crippen molar-refractivity contribution in [2.24, 2.45) is 11.8 Å². The van der Waals surface area contributed by atoms with Crippen LogP contribution in [0.2, 0.25) is 0 Å². The lowest BCUT2D eigenvalue weighted by Gasteiger charge is -2.23. The van der Waals surface area contributed by atoms with E-state index in [0.29, 0.717) is 31.4 Å². The molecular weight excluding hydrogens is 422 g/mol. The number of carbonyl (C=O) groups excluding carboxylic acids is 2. The van der Waals surface area contributed by atoms with Crippen LogP contribution in [-0.2, 0) is 22.5 Å². The number of esters is 1. The highest BCUT2D eigenvalue weighted by Crippen LogP contribution is 2.44. The second-order valence-corrected chi connectivity index (χ2v) is 9.82. The number of anilines is 1. The number of carbonyl (C=O) groups is 2. The summed E-state index contributed by atoms with van der Waals surface area (Å²) >= 11 is 0. The van der Waals surface area contributed by atoms with Crippen LogP contribution in [0.5, 0.6) is 0 Å². The number of amides is 1. The van der Waals surface area contributed by atoms with Crippen molar-refractivity contribution >= 4 is 17.6 Å². The Morgan fingerprint density at radius 3 is 2.74 bits per heavy atom. The Kier molecular flexibility index (Phi) is 6.40. The number of ether oxygens (including phenoxy) is 1. The third-order valence-corrected chi connectivity index (χ3v) is 7.68. The summed E-state index contributed by atoms with van der Waals surface area (Å²) in [5, 5.41) is 0. The first kappa shape index (κ1) is 22.6. The molecule has 1 saturated carbocycles. The van der Waals surface area contributed by atoms with Gasteiger partial charge in [0, 0.05) is 17.7 Å². The van der Waals surface area contributed by atoms with Crippen LogP contribution in [0.15, 0.2) is 65.8 Å². The predicted molar refractivity (Wildman–Crippen MR) is 135 cm³/mol. The Hall–Kier alpha value is -3.14. The van der Waals surface area contributed by atoms with E-state index in [-0.39, 0.29) is 11.9 Å². The zero-order valence-corrected chi connectivity index (χ0v) is 20.2. The molecule has 2 unspecified atom stereocenters. The first-order valence-electron chi connectivity index (χ1n) is 12.6. The second kappa shape index (κ2) is 9.61. The molecule has 176 valence electrons. The summed E-state index contributed by atoms with van der Waals surface area (Å²) in [6, 6.07) is 14.3. The van der Waals surface area contributed by atoms with Crippen LogP contribution in [0.4, 0.5) is 5.69 Å². The van der Waals surface area contributed by atoms with E-state index >= 15 is 0 Å². The van der Waals surface area contributed by atoms with E-state index in [1.165, 1.54) is 27.8 Å². The van der Waals surface area contributed by atoms with Gasteiger partial charge < -0.3 is 9.64 Å². The van der Waals surface area contributed by atoms with Gasteiger partial charge in [0.25, 0.3) is 5.91 Å². The summed E-state index contributed by atoms with van der Waals surface area (Å²) in [7, 11) is 0. The zero-order chi connectivity index (χ0) is 23.7. The highest BCUT2D eigenvalue weighted by Gasteiger charge is 2.34. The largest absolute Gasteiger partial charge is 0.466 e. The molecule has 0 spiro atoms. The molecule has 0 saturated heterocycles. The maximum atomic E-state index is 13.1. The van der Waals surface area contributed by atoms with Crippen molar-refractivity contribution in [2.75, 3.05) is 11.5 Å². The lowest BCUT2D eigenvalue weighted by Crippen LogP contribution is -2.22. The molecule has 0 aromatic heterocycles.